The molecule has 1 amide bonds. The molecular formula is C21H23NO2. The fourth-order valence-electron chi connectivity index (χ4n) is 4.18. The van der Waals surface area contributed by atoms with Crippen LogP contribution in [0.3, 0.4) is 0 Å². The van der Waals surface area contributed by atoms with Crippen LogP contribution in [0.4, 0.5) is 0 Å². The van der Waals surface area contributed by atoms with E-state index in [9.17, 15) is 4.79 Å². The van der Waals surface area contributed by atoms with E-state index < -0.39 is 0 Å². The van der Waals surface area contributed by atoms with Crippen molar-refractivity contribution >= 4 is 5.91 Å². The van der Waals surface area contributed by atoms with E-state index in [1.807, 2.05) is 48.5 Å². The molecule has 0 aromatic heterocycles. The molecule has 3 heteroatoms. The van der Waals surface area contributed by atoms with E-state index in [-0.39, 0.29) is 11.8 Å². The van der Waals surface area contributed by atoms with E-state index >= 15 is 0 Å². The Balaban J connectivity index is 1.81. The average molecular weight is 321 g/mol. The van der Waals surface area contributed by atoms with E-state index in [1.165, 1.54) is 6.42 Å². The van der Waals surface area contributed by atoms with Gasteiger partial charge in [0, 0.05) is 23.2 Å². The second-order valence-electron chi connectivity index (χ2n) is 6.99. The number of piperidine rings is 1. The number of likely N-dealkylation sites (tertiary alicyclic amines) is 1. The first-order chi connectivity index (χ1) is 11.7. The Morgan fingerprint density at radius 2 is 1.42 bits per heavy atom. The quantitative estimate of drug-likeness (QED) is 0.761. The Morgan fingerprint density at radius 1 is 0.917 bits per heavy atom. The highest BCUT2D eigenvalue weighted by Gasteiger charge is 2.39. The van der Waals surface area contributed by atoms with Crippen LogP contribution in [0.1, 0.15) is 50.2 Å². The van der Waals surface area contributed by atoms with Crippen molar-refractivity contribution in [2.45, 2.75) is 51.1 Å². The van der Waals surface area contributed by atoms with Crippen molar-refractivity contribution in [1.29, 1.82) is 0 Å². The second-order valence-corrected chi connectivity index (χ2v) is 6.99. The Hall–Kier alpha value is -2.29. The van der Waals surface area contributed by atoms with Crippen LogP contribution >= 0.6 is 0 Å². The predicted molar refractivity (Wildman–Crippen MR) is 94.4 cm³/mol. The molecule has 1 fully saturated rings. The minimum atomic E-state index is -0.269. The maximum atomic E-state index is 13.6. The van der Waals surface area contributed by atoms with Crippen LogP contribution < -0.4 is 4.74 Å². The standard InChI is InChI=1S/C21H23NO2/c1-14-8-7-9-15(2)22(14)21(23)20-16-10-3-5-12-18(16)24-19-13-6-4-11-17(19)20/h3-6,10-15,20H,7-9H2,1-2H3/t14-,15-/m0/s1. The Bertz CT molecular complexity index is 714. The molecule has 2 aliphatic rings. The molecule has 4 rings (SSSR count). The largest absolute Gasteiger partial charge is 0.457 e. The Morgan fingerprint density at radius 3 is 1.96 bits per heavy atom. The van der Waals surface area contributed by atoms with Crippen molar-refractivity contribution in [1.82, 2.24) is 4.90 Å². The molecule has 0 bridgehead atoms. The number of nitrogens with zero attached hydrogens (tertiary/aromatic N) is 1. The number of amides is 1. The molecule has 0 aliphatic carbocycles. The average Bonchev–Trinajstić information content (AvgIpc) is 2.59. The second kappa shape index (κ2) is 5.97. The first-order valence-corrected chi connectivity index (χ1v) is 8.84. The van der Waals surface area contributed by atoms with Gasteiger partial charge in [-0.05, 0) is 45.2 Å². The number of ether oxygens (including phenoxy) is 1. The van der Waals surface area contributed by atoms with Gasteiger partial charge in [0.25, 0.3) is 0 Å². The molecule has 2 atom stereocenters. The number of benzene rings is 2. The van der Waals surface area contributed by atoms with E-state index in [4.69, 9.17) is 4.74 Å². The summed E-state index contributed by atoms with van der Waals surface area (Å²) in [5.41, 5.74) is 1.96. The molecule has 0 spiro atoms. The lowest BCUT2D eigenvalue weighted by atomic mass is 9.85. The molecule has 2 aromatic rings. The zero-order chi connectivity index (χ0) is 16.7. The number of hydrogen-bond acceptors (Lipinski definition) is 2. The maximum Gasteiger partial charge on any atom is 0.235 e. The van der Waals surface area contributed by atoms with E-state index in [0.717, 1.165) is 35.5 Å². The van der Waals surface area contributed by atoms with Crippen molar-refractivity contribution in [3.8, 4) is 11.5 Å². The fraction of sp³-hybridized carbons (Fsp3) is 0.381. The van der Waals surface area contributed by atoms with Crippen molar-refractivity contribution in [3.05, 3.63) is 59.7 Å². The topological polar surface area (TPSA) is 29.5 Å². The zero-order valence-electron chi connectivity index (χ0n) is 14.2. The van der Waals surface area contributed by atoms with Gasteiger partial charge in [-0.15, -0.1) is 0 Å². The third kappa shape index (κ3) is 2.39. The van der Waals surface area contributed by atoms with Gasteiger partial charge in [0.05, 0.1) is 5.92 Å². The van der Waals surface area contributed by atoms with Crippen molar-refractivity contribution in [2.75, 3.05) is 0 Å². The van der Waals surface area contributed by atoms with Gasteiger partial charge in [0.1, 0.15) is 11.5 Å². The molecule has 0 saturated carbocycles. The minimum absolute atomic E-state index is 0.206. The minimum Gasteiger partial charge on any atom is -0.457 e. The summed E-state index contributed by atoms with van der Waals surface area (Å²) in [5, 5.41) is 0. The summed E-state index contributed by atoms with van der Waals surface area (Å²) < 4.78 is 6.03. The van der Waals surface area contributed by atoms with Crippen LogP contribution in [0.2, 0.25) is 0 Å². The van der Waals surface area contributed by atoms with Gasteiger partial charge < -0.3 is 9.64 Å². The third-order valence-electron chi connectivity index (χ3n) is 5.37. The van der Waals surface area contributed by atoms with Gasteiger partial charge in [-0.3, -0.25) is 4.79 Å². The molecule has 2 aliphatic heterocycles. The Labute approximate surface area is 143 Å². The van der Waals surface area contributed by atoms with Crippen LogP contribution in [0, 0.1) is 0 Å². The van der Waals surface area contributed by atoms with Crippen LogP contribution in [0.5, 0.6) is 11.5 Å². The van der Waals surface area contributed by atoms with Gasteiger partial charge in [-0.2, -0.15) is 0 Å². The molecule has 1 saturated heterocycles. The number of carbonyl (C=O) groups excluding carboxylic acids is 1. The molecule has 3 nitrogen and oxygen atoms in total. The van der Waals surface area contributed by atoms with Gasteiger partial charge >= 0.3 is 0 Å². The Kier molecular flexibility index (Phi) is 3.79. The predicted octanol–water partition coefficient (Wildman–Crippen LogP) is 4.71. The number of hydrogen-bond donors (Lipinski definition) is 0. The van der Waals surface area contributed by atoms with Gasteiger partial charge in [0.15, 0.2) is 0 Å². The smallest absolute Gasteiger partial charge is 0.235 e. The van der Waals surface area contributed by atoms with Crippen molar-refractivity contribution < 1.29 is 9.53 Å². The molecule has 24 heavy (non-hydrogen) atoms. The first kappa shape index (κ1) is 15.3. The summed E-state index contributed by atoms with van der Waals surface area (Å²) in [4.78, 5) is 15.7. The van der Waals surface area contributed by atoms with Gasteiger partial charge in [-0.1, -0.05) is 36.4 Å². The van der Waals surface area contributed by atoms with E-state index in [0.29, 0.717) is 12.1 Å². The molecule has 0 radical (unpaired) electrons. The highest BCUT2D eigenvalue weighted by Crippen LogP contribution is 2.45. The normalized spacial score (nSPS) is 23.2. The molecule has 124 valence electrons. The maximum absolute atomic E-state index is 13.6. The van der Waals surface area contributed by atoms with Crippen LogP contribution in [-0.4, -0.2) is 22.9 Å². The van der Waals surface area contributed by atoms with Crippen LogP contribution in [0.15, 0.2) is 48.5 Å². The lowest BCUT2D eigenvalue weighted by Crippen LogP contribution is -2.49. The highest BCUT2D eigenvalue weighted by molar-refractivity contribution is 5.90. The summed E-state index contributed by atoms with van der Waals surface area (Å²) in [6.45, 7) is 4.34. The number of rotatable bonds is 1. The zero-order valence-corrected chi connectivity index (χ0v) is 14.2. The summed E-state index contributed by atoms with van der Waals surface area (Å²) in [6, 6.07) is 16.4. The summed E-state index contributed by atoms with van der Waals surface area (Å²) in [6.07, 6.45) is 3.37. The highest BCUT2D eigenvalue weighted by atomic mass is 16.5. The fourth-order valence-corrected chi connectivity index (χ4v) is 4.18. The van der Waals surface area contributed by atoms with Crippen molar-refractivity contribution in [3.63, 3.8) is 0 Å². The first-order valence-electron chi connectivity index (χ1n) is 8.84. The van der Waals surface area contributed by atoms with Crippen molar-refractivity contribution in [2.24, 2.45) is 0 Å². The summed E-state index contributed by atoms with van der Waals surface area (Å²) >= 11 is 0. The number of para-hydroxylation sites is 2. The third-order valence-corrected chi connectivity index (χ3v) is 5.37. The summed E-state index contributed by atoms with van der Waals surface area (Å²) in [5.74, 6) is 1.53. The molecule has 0 N–H and O–H groups in total. The van der Waals surface area contributed by atoms with Gasteiger partial charge in [-0.25, -0.2) is 0 Å². The summed E-state index contributed by atoms with van der Waals surface area (Å²) in [7, 11) is 0. The SMILES string of the molecule is C[C@H]1CCC[C@H](C)N1C(=O)C1c2ccccc2Oc2ccccc21. The molecular weight excluding hydrogens is 298 g/mol. The molecule has 2 aromatic carbocycles. The van der Waals surface area contributed by atoms with E-state index in [2.05, 4.69) is 18.7 Å². The van der Waals surface area contributed by atoms with Crippen LogP contribution in [0.25, 0.3) is 0 Å². The lowest BCUT2D eigenvalue weighted by molar-refractivity contribution is -0.138. The molecule has 0 unspecified atom stereocenters. The van der Waals surface area contributed by atoms with E-state index in [1.54, 1.807) is 0 Å². The van der Waals surface area contributed by atoms with Gasteiger partial charge in [0.2, 0.25) is 5.91 Å². The number of carbonyl (C=O) groups is 1. The van der Waals surface area contributed by atoms with Crippen LogP contribution in [-0.2, 0) is 4.79 Å². The lowest BCUT2D eigenvalue weighted by Gasteiger charge is -2.42. The molecule has 2 heterocycles. The monoisotopic (exact) mass is 321 g/mol. The number of fused-ring (bicyclic) bond motifs is 2.